The molecule has 1 N–H and O–H groups in total. The first kappa shape index (κ1) is 13.6. The number of hydrogen-bond acceptors (Lipinski definition) is 4. The summed E-state index contributed by atoms with van der Waals surface area (Å²) in [4.78, 5) is 4.79. The molecule has 1 aromatic heterocycles. The molecule has 4 heteroatoms. The SMILES string of the molecule is CC1CN(Cc2ccc(C#CCO)s2)C(C)CO1. The van der Waals surface area contributed by atoms with Crippen LogP contribution in [0.2, 0.25) is 0 Å². The van der Waals surface area contributed by atoms with Crippen LogP contribution in [0.25, 0.3) is 0 Å². The lowest BCUT2D eigenvalue weighted by atomic mass is 10.2. The summed E-state index contributed by atoms with van der Waals surface area (Å²) in [5.41, 5.74) is 0. The highest BCUT2D eigenvalue weighted by molar-refractivity contribution is 7.12. The fraction of sp³-hybridized carbons (Fsp3) is 0.571. The molecule has 2 heterocycles. The molecule has 2 atom stereocenters. The van der Waals surface area contributed by atoms with Crippen LogP contribution in [0.3, 0.4) is 0 Å². The van der Waals surface area contributed by atoms with Gasteiger partial charge in [-0.25, -0.2) is 0 Å². The van der Waals surface area contributed by atoms with Crippen molar-refractivity contribution in [3.05, 3.63) is 21.9 Å². The van der Waals surface area contributed by atoms with E-state index in [1.165, 1.54) is 4.88 Å². The second kappa shape index (κ2) is 6.35. The van der Waals surface area contributed by atoms with Crippen molar-refractivity contribution in [2.45, 2.75) is 32.5 Å². The van der Waals surface area contributed by atoms with Gasteiger partial charge in [-0.05, 0) is 26.0 Å². The molecular formula is C14H19NO2S. The van der Waals surface area contributed by atoms with E-state index in [0.29, 0.717) is 12.1 Å². The van der Waals surface area contributed by atoms with E-state index < -0.39 is 0 Å². The molecule has 98 valence electrons. The molecule has 1 aliphatic rings. The Morgan fingerprint density at radius 1 is 1.50 bits per heavy atom. The first-order chi connectivity index (χ1) is 8.69. The lowest BCUT2D eigenvalue weighted by molar-refractivity contribution is -0.0523. The monoisotopic (exact) mass is 265 g/mol. The van der Waals surface area contributed by atoms with E-state index in [-0.39, 0.29) is 6.61 Å². The highest BCUT2D eigenvalue weighted by Gasteiger charge is 2.23. The van der Waals surface area contributed by atoms with Gasteiger partial charge in [0.25, 0.3) is 0 Å². The Morgan fingerprint density at radius 2 is 2.33 bits per heavy atom. The van der Waals surface area contributed by atoms with Gasteiger partial charge in [0.1, 0.15) is 6.61 Å². The molecule has 2 rings (SSSR count). The average molecular weight is 265 g/mol. The second-order valence-electron chi connectivity index (χ2n) is 4.65. The third-order valence-electron chi connectivity index (χ3n) is 3.05. The van der Waals surface area contributed by atoms with Gasteiger partial charge in [0.15, 0.2) is 0 Å². The van der Waals surface area contributed by atoms with Gasteiger partial charge in [-0.2, -0.15) is 0 Å². The molecule has 0 saturated carbocycles. The number of nitrogens with zero attached hydrogens (tertiary/aromatic N) is 1. The molecule has 0 aromatic carbocycles. The molecule has 2 unspecified atom stereocenters. The van der Waals surface area contributed by atoms with E-state index in [1.54, 1.807) is 11.3 Å². The molecule has 3 nitrogen and oxygen atoms in total. The van der Waals surface area contributed by atoms with E-state index in [0.717, 1.165) is 24.6 Å². The van der Waals surface area contributed by atoms with Crippen LogP contribution in [-0.4, -0.2) is 41.9 Å². The maximum absolute atomic E-state index is 8.67. The maximum atomic E-state index is 8.67. The minimum absolute atomic E-state index is 0.0781. The summed E-state index contributed by atoms with van der Waals surface area (Å²) in [7, 11) is 0. The summed E-state index contributed by atoms with van der Waals surface area (Å²) in [5, 5.41) is 8.67. The Kier molecular flexibility index (Phi) is 4.79. The number of ether oxygens (including phenoxy) is 1. The first-order valence-corrected chi connectivity index (χ1v) is 7.04. The fourth-order valence-corrected chi connectivity index (χ4v) is 2.96. The zero-order chi connectivity index (χ0) is 13.0. The van der Waals surface area contributed by atoms with Gasteiger partial charge in [-0.1, -0.05) is 11.8 Å². The number of aliphatic hydroxyl groups excluding tert-OH is 1. The van der Waals surface area contributed by atoms with Crippen LogP contribution in [0, 0.1) is 11.8 Å². The van der Waals surface area contributed by atoms with Crippen LogP contribution in [-0.2, 0) is 11.3 Å². The van der Waals surface area contributed by atoms with Crippen LogP contribution in [0.4, 0.5) is 0 Å². The second-order valence-corrected chi connectivity index (χ2v) is 5.82. The lowest BCUT2D eigenvalue weighted by Crippen LogP contribution is -2.46. The molecule has 0 radical (unpaired) electrons. The van der Waals surface area contributed by atoms with Crippen LogP contribution in [0.15, 0.2) is 12.1 Å². The van der Waals surface area contributed by atoms with Gasteiger partial charge < -0.3 is 9.84 Å². The first-order valence-electron chi connectivity index (χ1n) is 6.23. The Morgan fingerprint density at radius 3 is 3.11 bits per heavy atom. The van der Waals surface area contributed by atoms with Crippen LogP contribution < -0.4 is 0 Å². The summed E-state index contributed by atoms with van der Waals surface area (Å²) in [6.45, 7) is 6.99. The van der Waals surface area contributed by atoms with Crippen molar-refractivity contribution < 1.29 is 9.84 Å². The van der Waals surface area contributed by atoms with E-state index in [4.69, 9.17) is 9.84 Å². The summed E-state index contributed by atoms with van der Waals surface area (Å²) in [6.07, 6.45) is 0.315. The molecule has 18 heavy (non-hydrogen) atoms. The molecule has 1 fully saturated rings. The van der Waals surface area contributed by atoms with E-state index in [1.807, 2.05) is 6.07 Å². The number of aliphatic hydroxyl groups is 1. The number of thiophene rings is 1. The third kappa shape index (κ3) is 3.56. The highest BCUT2D eigenvalue weighted by atomic mass is 32.1. The van der Waals surface area contributed by atoms with Gasteiger partial charge >= 0.3 is 0 Å². The van der Waals surface area contributed by atoms with Crippen molar-refractivity contribution in [3.8, 4) is 11.8 Å². The van der Waals surface area contributed by atoms with Crippen molar-refractivity contribution in [1.82, 2.24) is 4.90 Å². The predicted molar refractivity (Wildman–Crippen MR) is 73.6 cm³/mol. The van der Waals surface area contributed by atoms with Gasteiger partial charge in [0.2, 0.25) is 0 Å². The molecule has 1 saturated heterocycles. The Bertz CT molecular complexity index is 446. The zero-order valence-corrected chi connectivity index (χ0v) is 11.7. The minimum Gasteiger partial charge on any atom is -0.384 e. The van der Waals surface area contributed by atoms with E-state index in [9.17, 15) is 0 Å². The smallest absolute Gasteiger partial charge is 0.104 e. The standard InChI is InChI=1S/C14H19NO2S/c1-11-10-17-12(2)8-15(11)9-14-6-5-13(18-14)4-3-7-16/h5-6,11-12,16H,7-10H2,1-2H3. The number of hydrogen-bond donors (Lipinski definition) is 1. The molecule has 0 amide bonds. The van der Waals surface area contributed by atoms with Crippen molar-refractivity contribution in [1.29, 1.82) is 0 Å². The fourth-order valence-electron chi connectivity index (χ4n) is 2.05. The number of morpholine rings is 1. The molecule has 0 spiro atoms. The molecule has 0 aliphatic carbocycles. The quantitative estimate of drug-likeness (QED) is 0.826. The Labute approximate surface area is 112 Å². The molecule has 1 aliphatic heterocycles. The van der Waals surface area contributed by atoms with Crippen LogP contribution >= 0.6 is 11.3 Å². The van der Waals surface area contributed by atoms with Crippen molar-refractivity contribution in [2.24, 2.45) is 0 Å². The molecule has 1 aromatic rings. The summed E-state index contributed by atoms with van der Waals surface area (Å²) < 4.78 is 5.63. The maximum Gasteiger partial charge on any atom is 0.104 e. The largest absolute Gasteiger partial charge is 0.384 e. The predicted octanol–water partition coefficient (Wildman–Crippen LogP) is 1.70. The molecular weight excluding hydrogens is 246 g/mol. The summed E-state index contributed by atoms with van der Waals surface area (Å²) in [6, 6.07) is 4.62. The van der Waals surface area contributed by atoms with Crippen LogP contribution in [0.5, 0.6) is 0 Å². The summed E-state index contributed by atoms with van der Waals surface area (Å²) >= 11 is 1.70. The van der Waals surface area contributed by atoms with Gasteiger partial charge in [-0.3, -0.25) is 4.90 Å². The highest BCUT2D eigenvalue weighted by Crippen LogP contribution is 2.21. The topological polar surface area (TPSA) is 32.7 Å². The van der Waals surface area contributed by atoms with Crippen molar-refractivity contribution in [2.75, 3.05) is 19.8 Å². The van der Waals surface area contributed by atoms with E-state index >= 15 is 0 Å². The van der Waals surface area contributed by atoms with Gasteiger partial charge in [-0.15, -0.1) is 11.3 Å². The van der Waals surface area contributed by atoms with Gasteiger partial charge in [0.05, 0.1) is 17.6 Å². The lowest BCUT2D eigenvalue weighted by Gasteiger charge is -2.36. The number of rotatable bonds is 2. The normalized spacial score (nSPS) is 24.6. The van der Waals surface area contributed by atoms with Crippen molar-refractivity contribution in [3.63, 3.8) is 0 Å². The average Bonchev–Trinajstić information content (AvgIpc) is 2.79. The molecule has 0 bridgehead atoms. The van der Waals surface area contributed by atoms with E-state index in [2.05, 4.69) is 36.7 Å². The summed E-state index contributed by atoms with van der Waals surface area (Å²) in [5.74, 6) is 5.63. The zero-order valence-electron chi connectivity index (χ0n) is 10.8. The minimum atomic E-state index is -0.0781. The van der Waals surface area contributed by atoms with Crippen LogP contribution in [0.1, 0.15) is 23.6 Å². The van der Waals surface area contributed by atoms with Crippen molar-refractivity contribution >= 4 is 11.3 Å². The third-order valence-corrected chi connectivity index (χ3v) is 4.03. The Hall–Kier alpha value is -0.860. The van der Waals surface area contributed by atoms with Gasteiger partial charge in [0, 0.05) is 24.0 Å². The Balaban J connectivity index is 1.98.